The van der Waals surface area contributed by atoms with Gasteiger partial charge in [-0.3, -0.25) is 20.2 Å². The zero-order chi connectivity index (χ0) is 14.9. The summed E-state index contributed by atoms with van der Waals surface area (Å²) in [4.78, 5) is 24.9. The molecule has 0 aliphatic rings. The van der Waals surface area contributed by atoms with Crippen LogP contribution in [0, 0.1) is 21.7 Å². The van der Waals surface area contributed by atoms with Gasteiger partial charge in [0.15, 0.2) is 0 Å². The molecule has 0 spiro atoms. The number of benzene rings is 1. The number of anilines is 1. The molecule has 1 amide bonds. The largest absolute Gasteiger partial charge is 0.308 e. The SMILES string of the molecule is Cn1ncnc1NC(=O)c1cc(F)cc([N+](=O)[O-])c1F. The van der Waals surface area contributed by atoms with Crippen molar-refractivity contribution in [3.05, 3.63) is 45.8 Å². The number of amides is 1. The van der Waals surface area contributed by atoms with E-state index < -0.39 is 33.7 Å². The number of nitrogens with zero attached hydrogens (tertiary/aromatic N) is 4. The lowest BCUT2D eigenvalue weighted by Crippen LogP contribution is -2.17. The molecule has 1 aromatic heterocycles. The lowest BCUT2D eigenvalue weighted by Gasteiger charge is -2.05. The van der Waals surface area contributed by atoms with Gasteiger partial charge in [-0.05, 0) is 6.07 Å². The minimum Gasteiger partial charge on any atom is -0.291 e. The predicted molar refractivity (Wildman–Crippen MR) is 62.0 cm³/mol. The van der Waals surface area contributed by atoms with Gasteiger partial charge in [0.1, 0.15) is 12.1 Å². The zero-order valence-corrected chi connectivity index (χ0v) is 10.0. The van der Waals surface area contributed by atoms with E-state index >= 15 is 0 Å². The summed E-state index contributed by atoms with van der Waals surface area (Å²) in [5, 5.41) is 16.4. The fourth-order valence-electron chi connectivity index (χ4n) is 1.45. The Morgan fingerprint density at radius 2 is 2.15 bits per heavy atom. The average molecular weight is 283 g/mol. The lowest BCUT2D eigenvalue weighted by molar-refractivity contribution is -0.387. The van der Waals surface area contributed by atoms with Gasteiger partial charge in [0, 0.05) is 7.05 Å². The minimum absolute atomic E-state index is 0.0127. The number of hydrogen-bond acceptors (Lipinski definition) is 5. The fraction of sp³-hybridized carbons (Fsp3) is 0.100. The summed E-state index contributed by atoms with van der Waals surface area (Å²) in [7, 11) is 1.47. The summed E-state index contributed by atoms with van der Waals surface area (Å²) in [5.74, 6) is -3.60. The van der Waals surface area contributed by atoms with Crippen LogP contribution >= 0.6 is 0 Å². The van der Waals surface area contributed by atoms with Crippen molar-refractivity contribution in [1.82, 2.24) is 14.8 Å². The minimum atomic E-state index is -1.42. The smallest absolute Gasteiger partial charge is 0.291 e. The highest BCUT2D eigenvalue weighted by molar-refractivity contribution is 6.04. The Labute approximate surface area is 110 Å². The molecular formula is C10H7F2N5O3. The van der Waals surface area contributed by atoms with E-state index in [-0.39, 0.29) is 5.95 Å². The standard InChI is InChI=1S/C10H7F2N5O3/c1-16-10(13-4-14-16)15-9(18)6-2-5(11)3-7(8(6)12)17(19)20/h2-4H,1H3,(H,13,14,15,18). The lowest BCUT2D eigenvalue weighted by atomic mass is 10.1. The van der Waals surface area contributed by atoms with Gasteiger partial charge in [-0.15, -0.1) is 0 Å². The van der Waals surface area contributed by atoms with Crippen LogP contribution in [0.4, 0.5) is 20.4 Å². The molecule has 0 saturated heterocycles. The number of aryl methyl sites for hydroxylation is 1. The number of rotatable bonds is 3. The summed E-state index contributed by atoms with van der Waals surface area (Å²) in [6.07, 6.45) is 1.14. The van der Waals surface area contributed by atoms with E-state index in [1.165, 1.54) is 11.7 Å². The molecule has 0 unspecified atom stereocenters. The van der Waals surface area contributed by atoms with Gasteiger partial charge < -0.3 is 0 Å². The molecule has 0 bridgehead atoms. The van der Waals surface area contributed by atoms with Gasteiger partial charge in [0.05, 0.1) is 16.6 Å². The third-order valence-electron chi connectivity index (χ3n) is 2.40. The molecule has 8 nitrogen and oxygen atoms in total. The maximum Gasteiger partial charge on any atom is 0.308 e. The third-order valence-corrected chi connectivity index (χ3v) is 2.40. The molecule has 0 aliphatic carbocycles. The van der Waals surface area contributed by atoms with Gasteiger partial charge in [0.25, 0.3) is 5.91 Å². The van der Waals surface area contributed by atoms with Gasteiger partial charge in [0.2, 0.25) is 11.8 Å². The van der Waals surface area contributed by atoms with Gasteiger partial charge in [-0.25, -0.2) is 9.07 Å². The Morgan fingerprint density at radius 3 is 2.70 bits per heavy atom. The van der Waals surface area contributed by atoms with E-state index in [1.807, 2.05) is 0 Å². The second-order valence-corrected chi connectivity index (χ2v) is 3.70. The van der Waals surface area contributed by atoms with Gasteiger partial charge in [-0.2, -0.15) is 14.5 Å². The summed E-state index contributed by atoms with van der Waals surface area (Å²) in [5.41, 5.74) is -1.91. The molecule has 0 saturated carbocycles. The van der Waals surface area contributed by atoms with E-state index in [0.29, 0.717) is 12.1 Å². The highest BCUT2D eigenvalue weighted by Crippen LogP contribution is 2.23. The van der Waals surface area contributed by atoms with Crippen LogP contribution in [0.2, 0.25) is 0 Å². The summed E-state index contributed by atoms with van der Waals surface area (Å²) >= 11 is 0. The maximum atomic E-state index is 13.8. The number of hydrogen-bond donors (Lipinski definition) is 1. The molecule has 0 radical (unpaired) electrons. The molecule has 20 heavy (non-hydrogen) atoms. The van der Waals surface area contributed by atoms with Crippen molar-refractivity contribution in [1.29, 1.82) is 0 Å². The predicted octanol–water partition coefficient (Wildman–Crippen LogP) is 1.25. The first kappa shape index (κ1) is 13.5. The summed E-state index contributed by atoms with van der Waals surface area (Å²) in [6.45, 7) is 0. The van der Waals surface area contributed by atoms with Crippen LogP contribution < -0.4 is 5.32 Å². The van der Waals surface area contributed by atoms with Crippen molar-refractivity contribution < 1.29 is 18.5 Å². The van der Waals surface area contributed by atoms with Crippen molar-refractivity contribution in [2.24, 2.45) is 7.05 Å². The highest BCUT2D eigenvalue weighted by Gasteiger charge is 2.24. The number of carbonyl (C=O) groups is 1. The van der Waals surface area contributed by atoms with Crippen molar-refractivity contribution >= 4 is 17.5 Å². The number of nitro benzene ring substituents is 1. The maximum absolute atomic E-state index is 13.8. The monoisotopic (exact) mass is 283 g/mol. The van der Waals surface area contributed by atoms with Crippen LogP contribution in [0.5, 0.6) is 0 Å². The number of aromatic nitrogens is 3. The van der Waals surface area contributed by atoms with Crippen molar-refractivity contribution in [3.63, 3.8) is 0 Å². The molecular weight excluding hydrogens is 276 g/mol. The highest BCUT2D eigenvalue weighted by atomic mass is 19.1. The topological polar surface area (TPSA) is 103 Å². The number of halogens is 2. The number of nitrogens with one attached hydrogen (secondary N) is 1. The first-order chi connectivity index (χ1) is 9.40. The van der Waals surface area contributed by atoms with Gasteiger partial charge >= 0.3 is 5.69 Å². The second kappa shape index (κ2) is 4.99. The first-order valence-corrected chi connectivity index (χ1v) is 5.19. The second-order valence-electron chi connectivity index (χ2n) is 3.70. The quantitative estimate of drug-likeness (QED) is 0.674. The normalized spacial score (nSPS) is 10.3. The Balaban J connectivity index is 2.40. The zero-order valence-electron chi connectivity index (χ0n) is 10.0. The molecule has 1 heterocycles. The van der Waals surface area contributed by atoms with E-state index in [4.69, 9.17) is 0 Å². The molecule has 1 aromatic carbocycles. The van der Waals surface area contributed by atoms with E-state index in [1.54, 1.807) is 0 Å². The molecule has 0 atom stereocenters. The molecule has 0 fully saturated rings. The van der Waals surface area contributed by atoms with Crippen LogP contribution in [-0.4, -0.2) is 25.6 Å². The number of nitro groups is 1. The average Bonchev–Trinajstić information content (AvgIpc) is 2.77. The first-order valence-electron chi connectivity index (χ1n) is 5.19. The molecule has 0 aliphatic heterocycles. The Hall–Kier alpha value is -2.91. The Morgan fingerprint density at radius 1 is 1.45 bits per heavy atom. The molecule has 2 aromatic rings. The fourth-order valence-corrected chi connectivity index (χ4v) is 1.45. The van der Waals surface area contributed by atoms with Crippen LogP contribution in [0.15, 0.2) is 18.5 Å². The van der Waals surface area contributed by atoms with Crippen LogP contribution in [0.1, 0.15) is 10.4 Å². The Bertz CT molecular complexity index is 700. The van der Waals surface area contributed by atoms with Crippen molar-refractivity contribution in [3.8, 4) is 0 Å². The molecule has 104 valence electrons. The van der Waals surface area contributed by atoms with Crippen molar-refractivity contribution in [2.75, 3.05) is 5.32 Å². The van der Waals surface area contributed by atoms with Gasteiger partial charge in [-0.1, -0.05) is 0 Å². The Kier molecular flexibility index (Phi) is 3.37. The molecule has 10 heteroatoms. The van der Waals surface area contributed by atoms with E-state index in [0.717, 1.165) is 6.33 Å². The van der Waals surface area contributed by atoms with Crippen molar-refractivity contribution in [2.45, 2.75) is 0 Å². The third kappa shape index (κ3) is 2.43. The summed E-state index contributed by atoms with van der Waals surface area (Å²) in [6, 6.07) is 0.961. The van der Waals surface area contributed by atoms with Crippen LogP contribution in [0.25, 0.3) is 0 Å². The number of carbonyl (C=O) groups excluding carboxylic acids is 1. The van der Waals surface area contributed by atoms with E-state index in [9.17, 15) is 23.7 Å². The summed E-state index contributed by atoms with van der Waals surface area (Å²) < 4.78 is 28.2. The van der Waals surface area contributed by atoms with E-state index in [2.05, 4.69) is 15.4 Å². The van der Waals surface area contributed by atoms with Crippen LogP contribution in [0.3, 0.4) is 0 Å². The van der Waals surface area contributed by atoms with Crippen LogP contribution in [-0.2, 0) is 7.05 Å². The molecule has 2 rings (SSSR count). The molecule has 1 N–H and O–H groups in total.